The SMILES string of the molecule is Cl.NC1CCN(C(=O)Cc2noc3ccccc23)C1. The van der Waals surface area contributed by atoms with Crippen LogP contribution < -0.4 is 5.73 Å². The van der Waals surface area contributed by atoms with Gasteiger partial charge in [0.15, 0.2) is 5.58 Å². The molecule has 0 spiro atoms. The van der Waals surface area contributed by atoms with Crippen molar-refractivity contribution in [2.24, 2.45) is 5.73 Å². The Labute approximate surface area is 117 Å². The summed E-state index contributed by atoms with van der Waals surface area (Å²) < 4.78 is 5.19. The highest BCUT2D eigenvalue weighted by atomic mass is 35.5. The van der Waals surface area contributed by atoms with Crippen LogP contribution in [0.15, 0.2) is 28.8 Å². The standard InChI is InChI=1S/C13H15N3O2.ClH/c14-9-5-6-16(8-9)13(17)7-11-10-3-1-2-4-12(10)18-15-11;/h1-4,9H,5-8,14H2;1H. The van der Waals surface area contributed by atoms with Crippen molar-refractivity contribution in [2.75, 3.05) is 13.1 Å². The Morgan fingerprint density at radius 2 is 2.26 bits per heavy atom. The largest absolute Gasteiger partial charge is 0.356 e. The Kier molecular flexibility index (Phi) is 4.07. The van der Waals surface area contributed by atoms with E-state index in [1.807, 2.05) is 24.3 Å². The highest BCUT2D eigenvalue weighted by Crippen LogP contribution is 2.19. The zero-order valence-electron chi connectivity index (χ0n) is 10.4. The van der Waals surface area contributed by atoms with Gasteiger partial charge in [-0.25, -0.2) is 0 Å². The topological polar surface area (TPSA) is 72.4 Å². The van der Waals surface area contributed by atoms with Gasteiger partial charge < -0.3 is 15.2 Å². The molecular weight excluding hydrogens is 266 g/mol. The van der Waals surface area contributed by atoms with Crippen LogP contribution in [0.5, 0.6) is 0 Å². The summed E-state index contributed by atoms with van der Waals surface area (Å²) in [5.74, 6) is 0.0713. The summed E-state index contributed by atoms with van der Waals surface area (Å²) in [6, 6.07) is 7.69. The second-order valence-electron chi connectivity index (χ2n) is 4.69. The summed E-state index contributed by atoms with van der Waals surface area (Å²) in [5, 5.41) is 4.88. The predicted molar refractivity (Wildman–Crippen MR) is 74.1 cm³/mol. The second-order valence-corrected chi connectivity index (χ2v) is 4.69. The molecule has 0 saturated carbocycles. The Hall–Kier alpha value is -1.59. The van der Waals surface area contributed by atoms with Crippen molar-refractivity contribution >= 4 is 29.3 Å². The molecule has 0 bridgehead atoms. The van der Waals surface area contributed by atoms with Gasteiger partial charge in [-0.15, -0.1) is 12.4 Å². The molecule has 5 nitrogen and oxygen atoms in total. The number of benzene rings is 1. The number of nitrogens with two attached hydrogens (primary N) is 1. The summed E-state index contributed by atoms with van der Waals surface area (Å²) in [6.45, 7) is 1.39. The fourth-order valence-electron chi connectivity index (χ4n) is 2.33. The van der Waals surface area contributed by atoms with Crippen LogP contribution in [-0.4, -0.2) is 35.1 Å². The Balaban J connectivity index is 0.00000133. The maximum atomic E-state index is 12.1. The highest BCUT2D eigenvalue weighted by Gasteiger charge is 2.24. The van der Waals surface area contributed by atoms with Gasteiger partial charge in [0.2, 0.25) is 5.91 Å². The Bertz CT molecular complexity index is 584. The van der Waals surface area contributed by atoms with Gasteiger partial charge in [0.1, 0.15) is 5.69 Å². The first-order chi connectivity index (χ1) is 8.74. The van der Waals surface area contributed by atoms with E-state index in [9.17, 15) is 4.79 Å². The van der Waals surface area contributed by atoms with Crippen molar-refractivity contribution in [3.05, 3.63) is 30.0 Å². The maximum Gasteiger partial charge on any atom is 0.228 e. The molecule has 1 fully saturated rings. The second kappa shape index (κ2) is 5.59. The number of likely N-dealkylation sites (tertiary alicyclic amines) is 1. The average Bonchev–Trinajstić information content (AvgIpc) is 2.97. The van der Waals surface area contributed by atoms with Crippen LogP contribution in [0.2, 0.25) is 0 Å². The number of hydrogen-bond acceptors (Lipinski definition) is 4. The molecule has 1 aliphatic rings. The number of aromatic nitrogens is 1. The fourth-order valence-corrected chi connectivity index (χ4v) is 2.33. The minimum absolute atomic E-state index is 0. The van der Waals surface area contributed by atoms with Gasteiger partial charge in [-0.1, -0.05) is 17.3 Å². The molecule has 6 heteroatoms. The molecule has 1 amide bonds. The third kappa shape index (κ3) is 2.72. The normalized spacial score (nSPS) is 18.6. The molecule has 19 heavy (non-hydrogen) atoms. The minimum Gasteiger partial charge on any atom is -0.356 e. The fraction of sp³-hybridized carbons (Fsp3) is 0.385. The van der Waals surface area contributed by atoms with Gasteiger partial charge >= 0.3 is 0 Å². The number of nitrogens with zero attached hydrogens (tertiary/aromatic N) is 2. The number of carbonyl (C=O) groups is 1. The van der Waals surface area contributed by atoms with Crippen LogP contribution in [0.3, 0.4) is 0 Å². The van der Waals surface area contributed by atoms with E-state index < -0.39 is 0 Å². The van der Waals surface area contributed by atoms with Crippen LogP contribution in [-0.2, 0) is 11.2 Å². The van der Waals surface area contributed by atoms with E-state index in [-0.39, 0.29) is 30.8 Å². The summed E-state index contributed by atoms with van der Waals surface area (Å²) >= 11 is 0. The maximum absolute atomic E-state index is 12.1. The lowest BCUT2D eigenvalue weighted by Crippen LogP contribution is -2.33. The Morgan fingerprint density at radius 3 is 3.00 bits per heavy atom. The lowest BCUT2D eigenvalue weighted by atomic mass is 10.1. The monoisotopic (exact) mass is 281 g/mol. The van der Waals surface area contributed by atoms with Gasteiger partial charge in [0.25, 0.3) is 0 Å². The summed E-state index contributed by atoms with van der Waals surface area (Å²) in [5.41, 5.74) is 7.22. The number of carbonyl (C=O) groups excluding carboxylic acids is 1. The van der Waals surface area contributed by atoms with Crippen LogP contribution in [0.25, 0.3) is 11.0 Å². The third-order valence-corrected chi connectivity index (χ3v) is 3.35. The lowest BCUT2D eigenvalue weighted by molar-refractivity contribution is -0.129. The van der Waals surface area contributed by atoms with Crippen LogP contribution >= 0.6 is 12.4 Å². The molecule has 1 aromatic heterocycles. The van der Waals surface area contributed by atoms with Crippen LogP contribution in [0.1, 0.15) is 12.1 Å². The van der Waals surface area contributed by atoms with E-state index in [2.05, 4.69) is 5.16 Å². The molecule has 2 aromatic rings. The molecule has 1 atom stereocenters. The van der Waals surface area contributed by atoms with Gasteiger partial charge in [-0.05, 0) is 18.6 Å². The molecular formula is C13H16ClN3O2. The molecule has 1 unspecified atom stereocenters. The molecule has 1 aliphatic heterocycles. The minimum atomic E-state index is 0. The van der Waals surface area contributed by atoms with Gasteiger partial charge in [-0.2, -0.15) is 0 Å². The quantitative estimate of drug-likeness (QED) is 0.902. The number of fused-ring (bicyclic) bond motifs is 1. The first-order valence-electron chi connectivity index (χ1n) is 6.10. The van der Waals surface area contributed by atoms with E-state index in [4.69, 9.17) is 10.3 Å². The molecule has 2 heterocycles. The summed E-state index contributed by atoms with van der Waals surface area (Å²) in [6.07, 6.45) is 1.16. The number of halogens is 1. The van der Waals surface area contributed by atoms with Crippen molar-refractivity contribution in [2.45, 2.75) is 18.9 Å². The van der Waals surface area contributed by atoms with Gasteiger partial charge in [-0.3, -0.25) is 4.79 Å². The zero-order chi connectivity index (χ0) is 12.5. The summed E-state index contributed by atoms with van der Waals surface area (Å²) in [7, 11) is 0. The third-order valence-electron chi connectivity index (χ3n) is 3.35. The molecule has 0 radical (unpaired) electrons. The molecule has 1 aromatic carbocycles. The Morgan fingerprint density at radius 1 is 1.47 bits per heavy atom. The smallest absolute Gasteiger partial charge is 0.228 e. The number of hydrogen-bond donors (Lipinski definition) is 1. The van der Waals surface area contributed by atoms with Crippen molar-refractivity contribution in [1.29, 1.82) is 0 Å². The average molecular weight is 282 g/mol. The first kappa shape index (κ1) is 13.8. The highest BCUT2D eigenvalue weighted by molar-refractivity contribution is 5.86. The van der Waals surface area contributed by atoms with Crippen LogP contribution in [0, 0.1) is 0 Å². The van der Waals surface area contributed by atoms with Crippen LogP contribution in [0.4, 0.5) is 0 Å². The lowest BCUT2D eigenvalue weighted by Gasteiger charge is -2.14. The van der Waals surface area contributed by atoms with E-state index in [1.54, 1.807) is 4.90 Å². The molecule has 0 aliphatic carbocycles. The number of rotatable bonds is 2. The van der Waals surface area contributed by atoms with E-state index in [1.165, 1.54) is 0 Å². The van der Waals surface area contributed by atoms with E-state index >= 15 is 0 Å². The van der Waals surface area contributed by atoms with Crippen molar-refractivity contribution in [1.82, 2.24) is 10.1 Å². The molecule has 102 valence electrons. The zero-order valence-corrected chi connectivity index (χ0v) is 11.2. The number of para-hydroxylation sites is 1. The first-order valence-corrected chi connectivity index (χ1v) is 6.10. The van der Waals surface area contributed by atoms with E-state index in [0.717, 1.165) is 23.9 Å². The van der Waals surface area contributed by atoms with E-state index in [0.29, 0.717) is 12.2 Å². The molecule has 1 saturated heterocycles. The molecule has 2 N–H and O–H groups in total. The van der Waals surface area contributed by atoms with Gasteiger partial charge in [0.05, 0.1) is 6.42 Å². The molecule has 3 rings (SSSR count). The van der Waals surface area contributed by atoms with Crippen molar-refractivity contribution in [3.63, 3.8) is 0 Å². The number of amides is 1. The van der Waals surface area contributed by atoms with Gasteiger partial charge in [0, 0.05) is 24.5 Å². The predicted octanol–water partition coefficient (Wildman–Crippen LogP) is 1.35. The van der Waals surface area contributed by atoms with Crippen molar-refractivity contribution in [3.8, 4) is 0 Å². The summed E-state index contributed by atoms with van der Waals surface area (Å²) in [4.78, 5) is 13.9. The van der Waals surface area contributed by atoms with Crippen molar-refractivity contribution < 1.29 is 9.32 Å².